The first kappa shape index (κ1) is 56.4. The van der Waals surface area contributed by atoms with Crippen LogP contribution in [0.2, 0.25) is 0 Å². The summed E-state index contributed by atoms with van der Waals surface area (Å²) in [6.07, 6.45) is -21.0. The van der Waals surface area contributed by atoms with Crippen molar-refractivity contribution in [2.24, 2.45) is 0 Å². The second kappa shape index (κ2) is 29.1. The van der Waals surface area contributed by atoms with Crippen LogP contribution in [0.15, 0.2) is 0 Å². The second-order valence-electron chi connectivity index (χ2n) is 16.4. The summed E-state index contributed by atoms with van der Waals surface area (Å²) in [7, 11) is 0. The molecule has 0 unspecified atom stereocenters. The van der Waals surface area contributed by atoms with E-state index >= 15 is 0 Å². The lowest BCUT2D eigenvalue weighted by atomic mass is 9.96. The van der Waals surface area contributed by atoms with Crippen molar-refractivity contribution in [2.75, 3.05) is 65.7 Å². The summed E-state index contributed by atoms with van der Waals surface area (Å²) >= 11 is 0. The quantitative estimate of drug-likeness (QED) is 0.0310. The number of nitrogens with zero attached hydrogens (tertiary/aromatic N) is 1. The van der Waals surface area contributed by atoms with Crippen molar-refractivity contribution >= 4 is 29.3 Å². The lowest BCUT2D eigenvalue weighted by Gasteiger charge is -2.46. The number of aliphatic hydroxyl groups excluding tert-OH is 10. The predicted octanol–water partition coefficient (Wildman–Crippen LogP) is -6.60. The number of carbonyl (C=O) groups is 5. The van der Waals surface area contributed by atoms with Gasteiger partial charge in [0, 0.05) is 32.5 Å². The van der Waals surface area contributed by atoms with Crippen molar-refractivity contribution in [3.05, 3.63) is 0 Å². The summed E-state index contributed by atoms with van der Waals surface area (Å²) in [5.74, 6) is -1.37. The molecule has 3 amide bonds. The lowest BCUT2D eigenvalue weighted by Crippen LogP contribution is -2.65. The van der Waals surface area contributed by atoms with Crippen LogP contribution in [0.1, 0.15) is 65.2 Å². The van der Waals surface area contributed by atoms with Gasteiger partial charge >= 0.3 is 0 Å². The first-order valence-corrected chi connectivity index (χ1v) is 21.9. The Hall–Kier alpha value is -2.93. The zero-order valence-corrected chi connectivity index (χ0v) is 36.8. The third-order valence-electron chi connectivity index (χ3n) is 10.9. The Morgan fingerprint density at radius 3 is 1.40 bits per heavy atom. The fourth-order valence-corrected chi connectivity index (χ4v) is 7.19. The minimum Gasteiger partial charge on any atom is -0.394 e. The smallest absolute Gasteiger partial charge is 0.234 e. The van der Waals surface area contributed by atoms with E-state index in [0.29, 0.717) is 51.6 Å². The highest BCUT2D eigenvalue weighted by Crippen LogP contribution is 2.31. The van der Waals surface area contributed by atoms with Crippen molar-refractivity contribution < 1.29 is 103 Å². The first-order chi connectivity index (χ1) is 30.9. The van der Waals surface area contributed by atoms with Gasteiger partial charge in [-0.1, -0.05) is 12.8 Å². The van der Waals surface area contributed by atoms with Gasteiger partial charge in [0.25, 0.3) is 0 Å². The monoisotopic (exact) mass is 942 g/mol. The molecule has 376 valence electrons. The molecular formula is C40H70N4O21. The summed E-state index contributed by atoms with van der Waals surface area (Å²) in [5, 5.41) is 112. The first-order valence-electron chi connectivity index (χ1n) is 21.9. The van der Waals surface area contributed by atoms with E-state index in [-0.39, 0.29) is 37.8 Å². The van der Waals surface area contributed by atoms with Crippen LogP contribution in [0.25, 0.3) is 0 Å². The van der Waals surface area contributed by atoms with Gasteiger partial charge in [-0.3, -0.25) is 19.3 Å². The van der Waals surface area contributed by atoms with E-state index in [1.807, 2.05) is 0 Å². The number of ketones is 2. The molecule has 65 heavy (non-hydrogen) atoms. The van der Waals surface area contributed by atoms with Gasteiger partial charge in [-0.05, 0) is 39.5 Å². The molecule has 0 aromatic rings. The van der Waals surface area contributed by atoms with Gasteiger partial charge in [0.2, 0.25) is 17.7 Å². The summed E-state index contributed by atoms with van der Waals surface area (Å²) in [4.78, 5) is 62.4. The third-order valence-corrected chi connectivity index (χ3v) is 10.9. The van der Waals surface area contributed by atoms with E-state index in [2.05, 4.69) is 16.0 Å². The highest BCUT2D eigenvalue weighted by molar-refractivity contribution is 5.84. The Kier molecular flexibility index (Phi) is 25.2. The SMILES string of the molecule is CC(=O)CCCCCNC(=O)CN(CC(=O)NCCCCCC(C)=O)CC(=O)NCCO[C@H]1O[C@H](CO[C@H]2O[C@H](CO)[C@@H](O)[C@H](O)[C@@H]2O)[C@@H](O)[C@H](O[C@H]2O[C@H](CO)[C@@H](O)[C@H](O)[C@@H]2O)[C@@H]1O. The van der Waals surface area contributed by atoms with E-state index in [1.54, 1.807) is 0 Å². The fourth-order valence-electron chi connectivity index (χ4n) is 7.19. The van der Waals surface area contributed by atoms with E-state index in [9.17, 15) is 75.0 Å². The summed E-state index contributed by atoms with van der Waals surface area (Å²) in [5.41, 5.74) is 0. The van der Waals surface area contributed by atoms with Crippen molar-refractivity contribution in [1.29, 1.82) is 0 Å². The second-order valence-corrected chi connectivity index (χ2v) is 16.4. The average Bonchev–Trinajstić information content (AvgIpc) is 3.25. The highest BCUT2D eigenvalue weighted by atomic mass is 16.7. The minimum atomic E-state index is -1.95. The Morgan fingerprint density at radius 2 is 0.923 bits per heavy atom. The molecule has 0 bridgehead atoms. The molecule has 0 radical (unpaired) electrons. The molecule has 25 nitrogen and oxygen atoms in total. The van der Waals surface area contributed by atoms with E-state index < -0.39 is 136 Å². The Balaban J connectivity index is 1.64. The fraction of sp³-hybridized carbons (Fsp3) is 0.875. The molecule has 3 saturated heterocycles. The molecule has 3 rings (SSSR count). The molecule has 3 aliphatic rings. The van der Waals surface area contributed by atoms with Crippen LogP contribution in [-0.4, -0.2) is 243 Å². The third kappa shape index (κ3) is 18.6. The predicted molar refractivity (Wildman–Crippen MR) is 219 cm³/mol. The Labute approximate surface area is 376 Å². The standard InChI is InChI=1S/C40H70N4O21/c1-21(47)9-5-3-7-11-41-26(49)15-44(16-27(50)42-12-8-4-6-10-22(2)48)17-28(51)43-13-14-60-39-36(59)37(65-40-35(58)33(56)30(53)24(19-46)63-40)31(54)25(64-39)20-61-38-34(57)32(55)29(52)23(18-45)62-38/h23-25,29-40,45-46,52-59H,3-20H2,1-2H3,(H,41,49)(H,42,50)(H,43,51)/t23-,24-,25-,29-,30-,31-,32+,33+,34+,35+,36+,37+,38+,39+,40-/m1/s1. The van der Waals surface area contributed by atoms with Gasteiger partial charge in [0.05, 0.1) is 46.1 Å². The molecule has 3 aliphatic heterocycles. The maximum Gasteiger partial charge on any atom is 0.234 e. The Morgan fingerprint density at radius 1 is 0.492 bits per heavy atom. The molecule has 15 atom stereocenters. The number of aliphatic hydroxyl groups is 10. The lowest BCUT2D eigenvalue weighted by molar-refractivity contribution is -0.366. The van der Waals surface area contributed by atoms with Gasteiger partial charge in [-0.2, -0.15) is 0 Å². The van der Waals surface area contributed by atoms with Crippen LogP contribution in [0, 0.1) is 0 Å². The topological polar surface area (TPSA) is 382 Å². The van der Waals surface area contributed by atoms with Crippen molar-refractivity contribution in [1.82, 2.24) is 20.9 Å². The molecule has 0 spiro atoms. The van der Waals surface area contributed by atoms with Gasteiger partial charge < -0.3 is 105 Å². The number of amides is 3. The van der Waals surface area contributed by atoms with Crippen LogP contribution < -0.4 is 16.0 Å². The molecule has 13 N–H and O–H groups in total. The van der Waals surface area contributed by atoms with Crippen molar-refractivity contribution in [3.63, 3.8) is 0 Å². The molecular weight excluding hydrogens is 872 g/mol. The van der Waals surface area contributed by atoms with Crippen LogP contribution >= 0.6 is 0 Å². The summed E-state index contributed by atoms with van der Waals surface area (Å²) in [6, 6.07) is 0. The van der Waals surface area contributed by atoms with Gasteiger partial charge in [0.1, 0.15) is 84.8 Å². The van der Waals surface area contributed by atoms with Crippen LogP contribution in [0.5, 0.6) is 0 Å². The molecule has 0 aromatic heterocycles. The average molecular weight is 943 g/mol. The number of ether oxygens (including phenoxy) is 6. The van der Waals surface area contributed by atoms with Gasteiger partial charge in [-0.15, -0.1) is 0 Å². The molecule has 3 fully saturated rings. The number of carbonyl (C=O) groups excluding carboxylic acids is 5. The van der Waals surface area contributed by atoms with Gasteiger partial charge in [0.15, 0.2) is 18.9 Å². The van der Waals surface area contributed by atoms with Crippen LogP contribution in [0.4, 0.5) is 0 Å². The van der Waals surface area contributed by atoms with Gasteiger partial charge in [-0.25, -0.2) is 0 Å². The summed E-state index contributed by atoms with van der Waals surface area (Å²) < 4.78 is 33.4. The van der Waals surface area contributed by atoms with Crippen LogP contribution in [0.3, 0.4) is 0 Å². The highest BCUT2D eigenvalue weighted by Gasteiger charge is 2.52. The number of rotatable bonds is 29. The zero-order valence-electron chi connectivity index (χ0n) is 36.8. The molecule has 3 heterocycles. The number of hydrogen-bond donors (Lipinski definition) is 13. The molecule has 0 aliphatic carbocycles. The summed E-state index contributed by atoms with van der Waals surface area (Å²) in [6.45, 7) is -0.240. The van der Waals surface area contributed by atoms with Crippen molar-refractivity contribution in [3.8, 4) is 0 Å². The van der Waals surface area contributed by atoms with Crippen molar-refractivity contribution in [2.45, 2.75) is 157 Å². The maximum atomic E-state index is 13.1. The molecule has 0 saturated carbocycles. The van der Waals surface area contributed by atoms with E-state index in [1.165, 1.54) is 18.7 Å². The number of hydrogen-bond acceptors (Lipinski definition) is 22. The maximum absolute atomic E-state index is 13.1. The normalized spacial score (nSPS) is 32.8. The van der Waals surface area contributed by atoms with Crippen LogP contribution in [-0.2, 0) is 52.4 Å². The molecule has 25 heteroatoms. The largest absolute Gasteiger partial charge is 0.394 e. The Bertz CT molecular complexity index is 1420. The molecule has 0 aromatic carbocycles. The zero-order chi connectivity index (χ0) is 48.2. The van der Waals surface area contributed by atoms with E-state index in [4.69, 9.17) is 28.4 Å². The van der Waals surface area contributed by atoms with E-state index in [0.717, 1.165) is 12.8 Å². The number of Topliss-reactive ketones (excluding diaryl/α,β-unsaturated/α-hetero) is 2. The minimum absolute atomic E-state index is 0.0729. The number of unbranched alkanes of at least 4 members (excludes halogenated alkanes) is 4. The number of nitrogens with one attached hydrogen (secondary N) is 3.